The Labute approximate surface area is 133 Å². The quantitative estimate of drug-likeness (QED) is 0.542. The second-order valence-corrected chi connectivity index (χ2v) is 5.84. The summed E-state index contributed by atoms with van der Waals surface area (Å²) in [6.07, 6.45) is 7.41. The van der Waals surface area contributed by atoms with Crippen molar-refractivity contribution in [3.8, 4) is 0 Å². The van der Waals surface area contributed by atoms with E-state index in [9.17, 15) is 9.90 Å². The van der Waals surface area contributed by atoms with Gasteiger partial charge in [0.15, 0.2) is 0 Å². The van der Waals surface area contributed by atoms with E-state index in [-0.39, 0.29) is 24.9 Å². The summed E-state index contributed by atoms with van der Waals surface area (Å²) in [6, 6.07) is 0. The summed E-state index contributed by atoms with van der Waals surface area (Å²) in [6.45, 7) is 5.15. The van der Waals surface area contributed by atoms with Gasteiger partial charge in [-0.05, 0) is 18.4 Å². The number of ether oxygens (including phenoxy) is 1. The van der Waals surface area contributed by atoms with Crippen molar-refractivity contribution in [3.63, 3.8) is 0 Å². The molecule has 22 heavy (non-hydrogen) atoms. The molecule has 0 aromatic heterocycles. The van der Waals surface area contributed by atoms with E-state index in [1.165, 1.54) is 18.9 Å². The molecule has 3 N–H and O–H groups in total. The van der Waals surface area contributed by atoms with Gasteiger partial charge in [0.25, 0.3) is 0 Å². The third-order valence-electron chi connectivity index (χ3n) is 4.00. The lowest BCUT2D eigenvalue weighted by Gasteiger charge is -2.21. The summed E-state index contributed by atoms with van der Waals surface area (Å²) in [5.41, 5.74) is 0.600. The van der Waals surface area contributed by atoms with Crippen molar-refractivity contribution in [2.45, 2.75) is 52.1 Å². The normalized spacial score (nSPS) is 19.3. The Morgan fingerprint density at radius 2 is 2.23 bits per heavy atom. The molecule has 0 bridgehead atoms. The van der Waals surface area contributed by atoms with Gasteiger partial charge in [0.2, 0.25) is 5.91 Å². The van der Waals surface area contributed by atoms with E-state index in [0.29, 0.717) is 18.5 Å². The number of rotatable bonds is 10. The van der Waals surface area contributed by atoms with Crippen LogP contribution >= 0.6 is 0 Å². The standard InChI is InChI=1S/C17H29NO4/c1-3-13(2)6-4-5-9-18-17(21)14-7-8-15(20)16(12-14)22-11-10-19/h7-8,13,16,19-20H,3-6,9-12H2,1-2H3,(H,18,21)/t13-,16?/m0/s1. The molecule has 5 heteroatoms. The molecule has 0 radical (unpaired) electrons. The Kier molecular flexibility index (Phi) is 8.85. The summed E-state index contributed by atoms with van der Waals surface area (Å²) in [5, 5.41) is 21.4. The molecule has 0 heterocycles. The lowest BCUT2D eigenvalue weighted by Crippen LogP contribution is -2.30. The summed E-state index contributed by atoms with van der Waals surface area (Å²) >= 11 is 0. The SMILES string of the molecule is CC[C@H](C)CCCCNC(=O)C1=CC=C(O)C(OCCO)C1. The Bertz CT molecular complexity index is 403. The van der Waals surface area contributed by atoms with Crippen LogP contribution in [0.15, 0.2) is 23.5 Å². The Morgan fingerprint density at radius 3 is 2.91 bits per heavy atom. The topological polar surface area (TPSA) is 78.8 Å². The first-order chi connectivity index (χ1) is 10.6. The number of unbranched alkanes of at least 4 members (excludes halogenated alkanes) is 1. The summed E-state index contributed by atoms with van der Waals surface area (Å²) in [5.74, 6) is 0.734. The van der Waals surface area contributed by atoms with Crippen molar-refractivity contribution in [1.29, 1.82) is 0 Å². The molecule has 0 aliphatic heterocycles. The van der Waals surface area contributed by atoms with E-state index < -0.39 is 6.10 Å². The first kappa shape index (κ1) is 18.7. The van der Waals surface area contributed by atoms with E-state index in [0.717, 1.165) is 18.8 Å². The van der Waals surface area contributed by atoms with E-state index in [1.807, 2.05) is 0 Å². The maximum absolute atomic E-state index is 12.1. The largest absolute Gasteiger partial charge is 0.510 e. The van der Waals surface area contributed by atoms with Crippen LogP contribution in [-0.2, 0) is 9.53 Å². The number of amides is 1. The molecular weight excluding hydrogens is 282 g/mol. The highest BCUT2D eigenvalue weighted by Crippen LogP contribution is 2.20. The number of hydrogen-bond acceptors (Lipinski definition) is 4. The first-order valence-corrected chi connectivity index (χ1v) is 8.18. The highest BCUT2D eigenvalue weighted by molar-refractivity contribution is 5.94. The fraction of sp³-hybridized carbons (Fsp3) is 0.706. The molecule has 0 saturated carbocycles. The minimum absolute atomic E-state index is 0.0959. The second kappa shape index (κ2) is 10.4. The van der Waals surface area contributed by atoms with Gasteiger partial charge in [-0.15, -0.1) is 0 Å². The van der Waals surface area contributed by atoms with Gasteiger partial charge < -0.3 is 20.3 Å². The zero-order valence-corrected chi connectivity index (χ0v) is 13.7. The lowest BCUT2D eigenvalue weighted by atomic mass is 10.00. The predicted octanol–water partition coefficient (Wildman–Crippen LogP) is 2.47. The Hall–Kier alpha value is -1.33. The average molecular weight is 311 g/mol. The molecule has 0 saturated heterocycles. The molecule has 1 unspecified atom stereocenters. The third kappa shape index (κ3) is 6.62. The number of aliphatic hydroxyl groups is 2. The summed E-state index contributed by atoms with van der Waals surface area (Å²) in [7, 11) is 0. The summed E-state index contributed by atoms with van der Waals surface area (Å²) in [4.78, 5) is 12.1. The van der Waals surface area contributed by atoms with Gasteiger partial charge >= 0.3 is 0 Å². The fourth-order valence-electron chi connectivity index (χ4n) is 2.31. The highest BCUT2D eigenvalue weighted by atomic mass is 16.5. The maximum atomic E-state index is 12.1. The van der Waals surface area contributed by atoms with Gasteiger partial charge in [-0.1, -0.05) is 39.2 Å². The molecule has 0 aromatic carbocycles. The van der Waals surface area contributed by atoms with Gasteiger partial charge in [0, 0.05) is 18.5 Å². The van der Waals surface area contributed by atoms with Crippen LogP contribution in [0.3, 0.4) is 0 Å². The van der Waals surface area contributed by atoms with Crippen LogP contribution in [0.4, 0.5) is 0 Å². The zero-order chi connectivity index (χ0) is 16.4. The van der Waals surface area contributed by atoms with E-state index in [4.69, 9.17) is 9.84 Å². The van der Waals surface area contributed by atoms with Gasteiger partial charge in [0.1, 0.15) is 11.9 Å². The van der Waals surface area contributed by atoms with Crippen LogP contribution in [0.25, 0.3) is 0 Å². The van der Waals surface area contributed by atoms with Crippen molar-refractivity contribution >= 4 is 5.91 Å². The molecule has 2 atom stereocenters. The van der Waals surface area contributed by atoms with Crippen molar-refractivity contribution in [2.24, 2.45) is 5.92 Å². The molecule has 1 aliphatic carbocycles. The van der Waals surface area contributed by atoms with Crippen LogP contribution in [0.2, 0.25) is 0 Å². The van der Waals surface area contributed by atoms with Crippen molar-refractivity contribution in [1.82, 2.24) is 5.32 Å². The van der Waals surface area contributed by atoms with Gasteiger partial charge in [-0.3, -0.25) is 4.79 Å². The smallest absolute Gasteiger partial charge is 0.247 e. The van der Waals surface area contributed by atoms with Gasteiger partial charge in [0.05, 0.1) is 13.2 Å². The Morgan fingerprint density at radius 1 is 1.45 bits per heavy atom. The van der Waals surface area contributed by atoms with E-state index in [1.54, 1.807) is 6.08 Å². The summed E-state index contributed by atoms with van der Waals surface area (Å²) < 4.78 is 5.32. The number of nitrogens with one attached hydrogen (secondary N) is 1. The monoisotopic (exact) mass is 311 g/mol. The molecule has 5 nitrogen and oxygen atoms in total. The van der Waals surface area contributed by atoms with Crippen molar-refractivity contribution in [3.05, 3.63) is 23.5 Å². The maximum Gasteiger partial charge on any atom is 0.247 e. The fourth-order valence-corrected chi connectivity index (χ4v) is 2.31. The van der Waals surface area contributed by atoms with Gasteiger partial charge in [-0.2, -0.15) is 0 Å². The minimum Gasteiger partial charge on any atom is -0.510 e. The van der Waals surface area contributed by atoms with Crippen LogP contribution < -0.4 is 5.32 Å². The molecule has 0 aromatic rings. The number of hydrogen-bond donors (Lipinski definition) is 3. The number of carbonyl (C=O) groups is 1. The lowest BCUT2D eigenvalue weighted by molar-refractivity contribution is -0.118. The first-order valence-electron chi connectivity index (χ1n) is 8.18. The molecule has 126 valence electrons. The van der Waals surface area contributed by atoms with E-state index in [2.05, 4.69) is 19.2 Å². The highest BCUT2D eigenvalue weighted by Gasteiger charge is 2.23. The van der Waals surface area contributed by atoms with Crippen molar-refractivity contribution in [2.75, 3.05) is 19.8 Å². The molecule has 0 fully saturated rings. The molecular formula is C17H29NO4. The van der Waals surface area contributed by atoms with Crippen LogP contribution in [0.1, 0.15) is 46.0 Å². The molecule has 1 rings (SSSR count). The number of carbonyl (C=O) groups excluding carboxylic acids is 1. The van der Waals surface area contributed by atoms with Crippen LogP contribution in [0.5, 0.6) is 0 Å². The average Bonchev–Trinajstić information content (AvgIpc) is 2.53. The number of aliphatic hydroxyl groups excluding tert-OH is 2. The molecule has 1 aliphatic rings. The van der Waals surface area contributed by atoms with Gasteiger partial charge in [-0.25, -0.2) is 0 Å². The second-order valence-electron chi connectivity index (χ2n) is 5.84. The zero-order valence-electron chi connectivity index (χ0n) is 13.7. The minimum atomic E-state index is -0.539. The molecule has 0 spiro atoms. The number of allylic oxidation sites excluding steroid dienone is 2. The van der Waals surface area contributed by atoms with Crippen LogP contribution in [-0.4, -0.2) is 42.0 Å². The van der Waals surface area contributed by atoms with Crippen molar-refractivity contribution < 1.29 is 19.7 Å². The molecule has 1 amide bonds. The van der Waals surface area contributed by atoms with E-state index >= 15 is 0 Å². The Balaban J connectivity index is 2.30. The van der Waals surface area contributed by atoms with Crippen LogP contribution in [0, 0.1) is 5.92 Å². The predicted molar refractivity (Wildman–Crippen MR) is 86.6 cm³/mol. The third-order valence-corrected chi connectivity index (χ3v) is 4.00.